The van der Waals surface area contributed by atoms with Gasteiger partial charge in [-0.05, 0) is 51.9 Å². The Labute approximate surface area is 105 Å². The average Bonchev–Trinajstić information content (AvgIpc) is 2.69. The minimum absolute atomic E-state index is 0.602. The number of anilines is 1. The molecule has 1 aromatic rings. The molecule has 0 spiro atoms. The molecule has 2 nitrogen and oxygen atoms in total. The first kappa shape index (κ1) is 12.4. The molecule has 0 saturated heterocycles. The van der Waals surface area contributed by atoms with Crippen LogP contribution in [0.15, 0.2) is 24.3 Å². The van der Waals surface area contributed by atoms with E-state index in [2.05, 4.69) is 48.3 Å². The molecule has 0 aliphatic carbocycles. The van der Waals surface area contributed by atoms with E-state index in [1.807, 2.05) is 7.05 Å². The Bertz CT molecular complexity index is 360. The Morgan fingerprint density at radius 2 is 2.12 bits per heavy atom. The molecule has 1 aliphatic rings. The Balaban J connectivity index is 2.11. The molecule has 17 heavy (non-hydrogen) atoms. The summed E-state index contributed by atoms with van der Waals surface area (Å²) in [7, 11) is 2.03. The van der Waals surface area contributed by atoms with Gasteiger partial charge in [0.15, 0.2) is 0 Å². The zero-order valence-electron chi connectivity index (χ0n) is 11.2. The van der Waals surface area contributed by atoms with Gasteiger partial charge in [-0.1, -0.05) is 18.2 Å². The third-order valence-corrected chi connectivity index (χ3v) is 3.71. The van der Waals surface area contributed by atoms with Crippen LogP contribution in [0.2, 0.25) is 0 Å². The van der Waals surface area contributed by atoms with Crippen molar-refractivity contribution in [1.82, 2.24) is 5.32 Å². The lowest BCUT2D eigenvalue weighted by Gasteiger charge is -2.24. The molecule has 0 bridgehead atoms. The first-order chi connectivity index (χ1) is 8.24. The van der Waals surface area contributed by atoms with Gasteiger partial charge in [0.2, 0.25) is 0 Å². The fourth-order valence-electron chi connectivity index (χ4n) is 2.79. The Morgan fingerprint density at radius 1 is 1.35 bits per heavy atom. The molecule has 1 unspecified atom stereocenters. The normalized spacial score (nSPS) is 18.8. The maximum atomic E-state index is 3.24. The van der Waals surface area contributed by atoms with Crippen molar-refractivity contribution in [3.8, 4) is 0 Å². The zero-order chi connectivity index (χ0) is 12.3. The summed E-state index contributed by atoms with van der Waals surface area (Å²) < 4.78 is 0. The maximum absolute atomic E-state index is 3.24. The van der Waals surface area contributed by atoms with E-state index in [4.69, 9.17) is 0 Å². The van der Waals surface area contributed by atoms with Crippen LogP contribution < -0.4 is 10.2 Å². The van der Waals surface area contributed by atoms with Crippen LogP contribution >= 0.6 is 0 Å². The second-order valence-electron chi connectivity index (χ2n) is 5.25. The van der Waals surface area contributed by atoms with Crippen molar-refractivity contribution in [2.75, 3.05) is 25.0 Å². The number of hydrogen-bond acceptors (Lipinski definition) is 2. The van der Waals surface area contributed by atoms with Crippen molar-refractivity contribution in [3.63, 3.8) is 0 Å². The number of benzene rings is 1. The van der Waals surface area contributed by atoms with Crippen LogP contribution in [-0.2, 0) is 0 Å². The molecular weight excluding hydrogens is 208 g/mol. The van der Waals surface area contributed by atoms with Gasteiger partial charge in [0.1, 0.15) is 0 Å². The Morgan fingerprint density at radius 3 is 2.82 bits per heavy atom. The fourth-order valence-corrected chi connectivity index (χ4v) is 2.79. The first-order valence-electron chi connectivity index (χ1n) is 6.74. The molecule has 0 fully saturated rings. The van der Waals surface area contributed by atoms with Gasteiger partial charge in [0.25, 0.3) is 0 Å². The van der Waals surface area contributed by atoms with Gasteiger partial charge in [0, 0.05) is 24.2 Å². The monoisotopic (exact) mass is 232 g/mol. The van der Waals surface area contributed by atoms with Crippen LogP contribution in [0.1, 0.15) is 38.2 Å². The predicted molar refractivity (Wildman–Crippen MR) is 74.8 cm³/mol. The highest BCUT2D eigenvalue weighted by atomic mass is 15.2. The summed E-state index contributed by atoms with van der Waals surface area (Å²) in [6.45, 7) is 6.89. The van der Waals surface area contributed by atoms with Gasteiger partial charge < -0.3 is 10.2 Å². The summed E-state index contributed by atoms with van der Waals surface area (Å²) in [6.07, 6.45) is 2.56. The van der Waals surface area contributed by atoms with Crippen molar-refractivity contribution < 1.29 is 0 Å². The summed E-state index contributed by atoms with van der Waals surface area (Å²) in [4.78, 5) is 2.54. The molecule has 2 rings (SSSR count). The lowest BCUT2D eigenvalue weighted by molar-refractivity contribution is 0.571. The van der Waals surface area contributed by atoms with Crippen molar-refractivity contribution >= 4 is 5.69 Å². The summed E-state index contributed by atoms with van der Waals surface area (Å²) in [5.74, 6) is 0.724. The van der Waals surface area contributed by atoms with Gasteiger partial charge in [-0.15, -0.1) is 0 Å². The van der Waals surface area contributed by atoms with Crippen molar-refractivity contribution in [2.24, 2.45) is 0 Å². The summed E-state index contributed by atoms with van der Waals surface area (Å²) in [6, 6.07) is 9.51. The van der Waals surface area contributed by atoms with E-state index in [-0.39, 0.29) is 0 Å². The van der Waals surface area contributed by atoms with Gasteiger partial charge in [-0.3, -0.25) is 0 Å². The van der Waals surface area contributed by atoms with Gasteiger partial charge in [-0.2, -0.15) is 0 Å². The molecule has 1 heterocycles. The fraction of sp³-hybridized carbons (Fsp3) is 0.600. The number of para-hydroxylation sites is 1. The molecule has 1 atom stereocenters. The van der Waals surface area contributed by atoms with E-state index in [0.717, 1.165) is 12.5 Å². The Hall–Kier alpha value is -1.02. The van der Waals surface area contributed by atoms with E-state index in [1.165, 1.54) is 25.1 Å². The molecule has 1 aromatic carbocycles. The SMILES string of the molecule is CNCCCC1CN(C(C)C)c2ccccc21. The summed E-state index contributed by atoms with van der Waals surface area (Å²) in [5.41, 5.74) is 3.01. The number of hydrogen-bond donors (Lipinski definition) is 1. The van der Waals surface area contributed by atoms with E-state index >= 15 is 0 Å². The van der Waals surface area contributed by atoms with Crippen LogP contribution in [0.5, 0.6) is 0 Å². The lowest BCUT2D eigenvalue weighted by Crippen LogP contribution is -2.29. The molecule has 0 radical (unpaired) electrons. The minimum Gasteiger partial charge on any atom is -0.368 e. The smallest absolute Gasteiger partial charge is 0.0404 e. The molecule has 1 aliphatic heterocycles. The molecule has 0 aromatic heterocycles. The third-order valence-electron chi connectivity index (χ3n) is 3.71. The van der Waals surface area contributed by atoms with Crippen molar-refractivity contribution in [3.05, 3.63) is 29.8 Å². The van der Waals surface area contributed by atoms with Gasteiger partial charge in [-0.25, -0.2) is 0 Å². The highest BCUT2D eigenvalue weighted by Gasteiger charge is 2.28. The van der Waals surface area contributed by atoms with Crippen molar-refractivity contribution in [1.29, 1.82) is 0 Å². The second-order valence-corrected chi connectivity index (χ2v) is 5.25. The van der Waals surface area contributed by atoms with Gasteiger partial charge >= 0.3 is 0 Å². The van der Waals surface area contributed by atoms with Crippen LogP contribution in [0.4, 0.5) is 5.69 Å². The quantitative estimate of drug-likeness (QED) is 0.785. The van der Waals surface area contributed by atoms with E-state index in [1.54, 1.807) is 5.56 Å². The number of fused-ring (bicyclic) bond motifs is 1. The molecule has 1 N–H and O–H groups in total. The number of rotatable bonds is 5. The van der Waals surface area contributed by atoms with Gasteiger partial charge in [0.05, 0.1) is 0 Å². The van der Waals surface area contributed by atoms with Crippen molar-refractivity contribution in [2.45, 2.75) is 38.6 Å². The topological polar surface area (TPSA) is 15.3 Å². The highest BCUT2D eigenvalue weighted by molar-refractivity contribution is 5.60. The molecule has 0 saturated carbocycles. The Kier molecular flexibility index (Phi) is 4.06. The number of nitrogens with zero attached hydrogens (tertiary/aromatic N) is 1. The highest BCUT2D eigenvalue weighted by Crippen LogP contribution is 2.39. The summed E-state index contributed by atoms with van der Waals surface area (Å²) >= 11 is 0. The predicted octanol–water partition coefficient (Wildman–Crippen LogP) is 3.00. The maximum Gasteiger partial charge on any atom is 0.0404 e. The van der Waals surface area contributed by atoms with Crippen LogP contribution in [-0.4, -0.2) is 26.2 Å². The molecule has 2 heteroatoms. The lowest BCUT2D eigenvalue weighted by atomic mass is 9.96. The standard InChI is InChI=1S/C15H24N2/c1-12(2)17-11-13(7-6-10-16-3)14-8-4-5-9-15(14)17/h4-5,8-9,12-13,16H,6-7,10-11H2,1-3H3. The van der Waals surface area contributed by atoms with E-state index < -0.39 is 0 Å². The number of nitrogens with one attached hydrogen (secondary N) is 1. The zero-order valence-corrected chi connectivity index (χ0v) is 11.2. The van der Waals surface area contributed by atoms with Crippen LogP contribution in [0.25, 0.3) is 0 Å². The third kappa shape index (κ3) is 2.63. The summed E-state index contributed by atoms with van der Waals surface area (Å²) in [5, 5.41) is 3.24. The van der Waals surface area contributed by atoms with E-state index in [0.29, 0.717) is 6.04 Å². The molecular formula is C15H24N2. The molecule has 0 amide bonds. The second kappa shape index (κ2) is 5.54. The first-order valence-corrected chi connectivity index (χ1v) is 6.74. The van der Waals surface area contributed by atoms with E-state index in [9.17, 15) is 0 Å². The average molecular weight is 232 g/mol. The largest absolute Gasteiger partial charge is 0.368 e. The molecule has 94 valence electrons. The van der Waals surface area contributed by atoms with Crippen LogP contribution in [0.3, 0.4) is 0 Å². The van der Waals surface area contributed by atoms with Crippen LogP contribution in [0, 0.1) is 0 Å². The minimum atomic E-state index is 0.602.